The van der Waals surface area contributed by atoms with E-state index in [0.29, 0.717) is 37.8 Å². The van der Waals surface area contributed by atoms with Gasteiger partial charge in [0.25, 0.3) is 5.91 Å². The third-order valence-electron chi connectivity index (χ3n) is 5.70. The summed E-state index contributed by atoms with van der Waals surface area (Å²) in [4.78, 5) is 12.9. The van der Waals surface area contributed by atoms with Crippen LogP contribution < -0.4 is 10.0 Å². The summed E-state index contributed by atoms with van der Waals surface area (Å²) in [6.07, 6.45) is -1.67. The molecule has 0 spiro atoms. The summed E-state index contributed by atoms with van der Waals surface area (Å²) in [7, 11) is -5.01. The highest BCUT2D eigenvalue weighted by Gasteiger charge is 2.45. The first-order chi connectivity index (χ1) is 14.6. The summed E-state index contributed by atoms with van der Waals surface area (Å²) in [5, 5.41) is 2.67. The molecule has 0 aromatic heterocycles. The van der Waals surface area contributed by atoms with Crippen LogP contribution in [0.5, 0.6) is 0 Å². The molecule has 2 fully saturated rings. The third-order valence-corrected chi connectivity index (χ3v) is 8.50. The Balaban J connectivity index is 1.87. The normalized spacial score (nSPS) is 24.5. The van der Waals surface area contributed by atoms with Crippen molar-refractivity contribution in [3.05, 3.63) is 29.3 Å². The van der Waals surface area contributed by atoms with Crippen molar-refractivity contribution in [3.63, 3.8) is 0 Å². The van der Waals surface area contributed by atoms with Crippen LogP contribution in [0.25, 0.3) is 0 Å². The summed E-state index contributed by atoms with van der Waals surface area (Å²) in [5.74, 6) is -0.871. The van der Waals surface area contributed by atoms with Crippen molar-refractivity contribution in [2.45, 2.75) is 50.0 Å². The van der Waals surface area contributed by atoms with E-state index in [-0.39, 0.29) is 17.8 Å². The van der Waals surface area contributed by atoms with Crippen LogP contribution in [0.3, 0.4) is 0 Å². The Morgan fingerprint density at radius 3 is 2.12 bits per heavy atom. The van der Waals surface area contributed by atoms with Crippen LogP contribution in [0, 0.1) is 0 Å². The minimum absolute atomic E-state index is 0.290. The van der Waals surface area contributed by atoms with Gasteiger partial charge in [0.2, 0.25) is 10.0 Å². The maximum absolute atomic E-state index is 13.2. The number of sulfonamides is 1. The van der Waals surface area contributed by atoms with E-state index in [0.717, 1.165) is 16.6 Å². The Morgan fingerprint density at radius 2 is 1.66 bits per heavy atom. The average molecular weight is 499 g/mol. The van der Waals surface area contributed by atoms with Gasteiger partial charge in [-0.15, -0.1) is 0 Å². The van der Waals surface area contributed by atoms with Crippen molar-refractivity contribution in [1.29, 1.82) is 0 Å². The van der Waals surface area contributed by atoms with E-state index < -0.39 is 49.5 Å². The largest absolute Gasteiger partial charge is 0.416 e. The van der Waals surface area contributed by atoms with Gasteiger partial charge >= 0.3 is 16.4 Å². The fourth-order valence-electron chi connectivity index (χ4n) is 4.28. The van der Waals surface area contributed by atoms with Crippen LogP contribution >= 0.6 is 0 Å². The quantitative estimate of drug-likeness (QED) is 0.618. The van der Waals surface area contributed by atoms with Gasteiger partial charge in [0, 0.05) is 32.2 Å². The number of anilines is 1. The second-order valence-electron chi connectivity index (χ2n) is 8.27. The van der Waals surface area contributed by atoms with E-state index in [4.69, 9.17) is 0 Å². The Morgan fingerprint density at radius 1 is 1.09 bits per heavy atom. The number of halogens is 3. The molecule has 2 atom stereocenters. The summed E-state index contributed by atoms with van der Waals surface area (Å²) < 4.78 is 92.4. The first-order valence-electron chi connectivity index (χ1n) is 9.80. The van der Waals surface area contributed by atoms with Gasteiger partial charge in [0.05, 0.1) is 23.1 Å². The lowest BCUT2D eigenvalue weighted by Gasteiger charge is -2.37. The van der Waals surface area contributed by atoms with Gasteiger partial charge in [0.1, 0.15) is 0 Å². The van der Waals surface area contributed by atoms with Gasteiger partial charge in [0.15, 0.2) is 0 Å². The molecule has 2 aliphatic heterocycles. The third kappa shape index (κ3) is 5.18. The summed E-state index contributed by atoms with van der Waals surface area (Å²) in [5.41, 5.74) is -1.86. The van der Waals surface area contributed by atoms with Crippen LogP contribution in [0.1, 0.15) is 41.6 Å². The summed E-state index contributed by atoms with van der Waals surface area (Å²) in [6.45, 7) is 0. The number of benzene rings is 1. The van der Waals surface area contributed by atoms with Crippen molar-refractivity contribution >= 4 is 31.8 Å². The lowest BCUT2D eigenvalue weighted by atomic mass is 9.99. The number of rotatable bonds is 6. The van der Waals surface area contributed by atoms with E-state index in [1.54, 1.807) is 0 Å². The topological polar surface area (TPSA) is 116 Å². The monoisotopic (exact) mass is 498 g/mol. The number of hydrogen-bond acceptors (Lipinski definition) is 5. The minimum atomic E-state index is -4.73. The molecule has 0 saturated carbocycles. The number of hydrogen-bond donors (Lipinski definition) is 2. The standard InChI is InChI=1S/C18H25F3N4O5S2/c1-24(2)32(29,30)23-16-7-4-11(18(19,20)21)8-15(16)17(26)22-12-9-13-5-6-14(10-12)25(13)31(3,27)28/h4,7-8,12-14,23H,5-6,9-10H2,1-3H3,(H,22,26). The highest BCUT2D eigenvalue weighted by molar-refractivity contribution is 7.90. The molecule has 1 aromatic rings. The first kappa shape index (κ1) is 24.7. The molecule has 1 aromatic carbocycles. The number of fused-ring (bicyclic) bond motifs is 2. The maximum atomic E-state index is 13.2. The second-order valence-corrected chi connectivity index (χ2v) is 12.0. The van der Waals surface area contributed by atoms with E-state index >= 15 is 0 Å². The maximum Gasteiger partial charge on any atom is 0.416 e. The van der Waals surface area contributed by atoms with Crippen LogP contribution in [-0.2, 0) is 26.4 Å². The Bertz CT molecular complexity index is 1090. The lowest BCUT2D eigenvalue weighted by Crippen LogP contribution is -2.52. The predicted molar refractivity (Wildman–Crippen MR) is 112 cm³/mol. The summed E-state index contributed by atoms with van der Waals surface area (Å²) >= 11 is 0. The summed E-state index contributed by atoms with van der Waals surface area (Å²) in [6, 6.07) is 1.16. The van der Waals surface area contributed by atoms with Crippen molar-refractivity contribution in [2.24, 2.45) is 0 Å². The van der Waals surface area contributed by atoms with E-state index in [1.165, 1.54) is 18.4 Å². The zero-order chi connectivity index (χ0) is 24.1. The number of piperidine rings is 1. The molecule has 180 valence electrons. The Hall–Kier alpha value is -1.90. The molecule has 2 bridgehead atoms. The lowest BCUT2D eigenvalue weighted by molar-refractivity contribution is -0.137. The van der Waals surface area contributed by atoms with Crippen molar-refractivity contribution in [2.75, 3.05) is 25.1 Å². The number of nitrogens with one attached hydrogen (secondary N) is 2. The van der Waals surface area contributed by atoms with Crippen LogP contribution in [0.15, 0.2) is 18.2 Å². The SMILES string of the molecule is CN(C)S(=O)(=O)Nc1ccc(C(F)(F)F)cc1C(=O)NC1CC2CCC(C1)N2S(C)(=O)=O. The second kappa shape index (κ2) is 8.47. The van der Waals surface area contributed by atoms with Crippen LogP contribution in [0.2, 0.25) is 0 Å². The molecule has 0 radical (unpaired) electrons. The van der Waals surface area contributed by atoms with Gasteiger partial charge < -0.3 is 5.32 Å². The fraction of sp³-hybridized carbons (Fsp3) is 0.611. The molecule has 14 heteroatoms. The van der Waals surface area contributed by atoms with E-state index in [1.807, 2.05) is 0 Å². The van der Waals surface area contributed by atoms with Gasteiger partial charge in [-0.25, -0.2) is 8.42 Å². The van der Waals surface area contributed by atoms with Gasteiger partial charge in [-0.1, -0.05) is 0 Å². The molecule has 2 aliphatic rings. The molecule has 2 N–H and O–H groups in total. The van der Waals surface area contributed by atoms with Gasteiger partial charge in [-0.05, 0) is 43.9 Å². The van der Waals surface area contributed by atoms with Crippen LogP contribution in [0.4, 0.5) is 18.9 Å². The number of amides is 1. The number of carbonyl (C=O) groups excluding carboxylic acids is 1. The molecular formula is C18H25F3N4O5S2. The average Bonchev–Trinajstić information content (AvgIpc) is 2.93. The highest BCUT2D eigenvalue weighted by Crippen LogP contribution is 2.38. The highest BCUT2D eigenvalue weighted by atomic mass is 32.2. The molecule has 2 saturated heterocycles. The minimum Gasteiger partial charge on any atom is -0.349 e. The molecule has 1 amide bonds. The fourth-order valence-corrected chi connectivity index (χ4v) is 6.39. The number of carbonyl (C=O) groups is 1. The van der Waals surface area contributed by atoms with Crippen molar-refractivity contribution < 1.29 is 34.8 Å². The number of nitrogens with zero attached hydrogens (tertiary/aromatic N) is 2. The molecule has 9 nitrogen and oxygen atoms in total. The molecule has 0 aliphatic carbocycles. The zero-order valence-electron chi connectivity index (χ0n) is 17.7. The van der Waals surface area contributed by atoms with E-state index in [2.05, 4.69) is 10.0 Å². The molecular weight excluding hydrogens is 473 g/mol. The Kier molecular flexibility index (Phi) is 6.54. The van der Waals surface area contributed by atoms with Gasteiger partial charge in [-0.3, -0.25) is 9.52 Å². The molecule has 2 heterocycles. The smallest absolute Gasteiger partial charge is 0.349 e. The molecule has 2 unspecified atom stereocenters. The van der Waals surface area contributed by atoms with Crippen molar-refractivity contribution in [1.82, 2.24) is 13.9 Å². The Labute approximate surface area is 185 Å². The molecule has 3 rings (SSSR count). The first-order valence-corrected chi connectivity index (χ1v) is 13.1. The van der Waals surface area contributed by atoms with Crippen molar-refractivity contribution in [3.8, 4) is 0 Å². The zero-order valence-corrected chi connectivity index (χ0v) is 19.3. The molecule has 32 heavy (non-hydrogen) atoms. The van der Waals surface area contributed by atoms with E-state index in [9.17, 15) is 34.8 Å². The van der Waals surface area contributed by atoms with Gasteiger partial charge in [-0.2, -0.15) is 30.2 Å². The predicted octanol–water partition coefficient (Wildman–Crippen LogP) is 1.61. The number of alkyl halides is 3. The van der Waals surface area contributed by atoms with Crippen LogP contribution in [-0.4, -0.2) is 69.8 Å².